The Kier molecular flexibility index (Phi) is 7.84. The second-order valence-corrected chi connectivity index (χ2v) is 5.94. The van der Waals surface area contributed by atoms with E-state index in [4.69, 9.17) is 15.2 Å². The number of nitrogens with one attached hydrogen (secondary N) is 2. The maximum Gasteiger partial charge on any atom is 0.253 e. The van der Waals surface area contributed by atoms with Gasteiger partial charge in [0.1, 0.15) is 6.10 Å². The van der Waals surface area contributed by atoms with Crippen molar-refractivity contribution in [2.45, 2.75) is 38.4 Å². The molecule has 0 saturated carbocycles. The molecule has 1 aliphatic rings. The smallest absolute Gasteiger partial charge is 0.253 e. The van der Waals surface area contributed by atoms with Crippen LogP contribution in [0.3, 0.4) is 0 Å². The lowest BCUT2D eigenvalue weighted by atomic mass is 10.1. The van der Waals surface area contributed by atoms with E-state index in [2.05, 4.69) is 10.6 Å². The van der Waals surface area contributed by atoms with E-state index in [0.717, 1.165) is 12.8 Å². The molecule has 7 nitrogen and oxygen atoms in total. The van der Waals surface area contributed by atoms with E-state index in [9.17, 15) is 9.59 Å². The summed E-state index contributed by atoms with van der Waals surface area (Å²) in [6, 6.07) is 6.86. The fourth-order valence-corrected chi connectivity index (χ4v) is 2.66. The van der Waals surface area contributed by atoms with Gasteiger partial charge in [0.15, 0.2) is 0 Å². The highest BCUT2D eigenvalue weighted by atomic mass is 16.5. The molecule has 1 heterocycles. The van der Waals surface area contributed by atoms with Crippen LogP contribution < -0.4 is 16.4 Å². The Morgan fingerprint density at radius 1 is 1.36 bits per heavy atom. The number of hydrogen-bond acceptors (Lipinski definition) is 5. The third kappa shape index (κ3) is 6.12. The Hall–Kier alpha value is -1.96. The fourth-order valence-electron chi connectivity index (χ4n) is 2.66. The lowest BCUT2D eigenvalue weighted by Crippen LogP contribution is -2.30. The molecule has 1 aromatic rings. The second-order valence-electron chi connectivity index (χ2n) is 5.94. The van der Waals surface area contributed by atoms with Crippen molar-refractivity contribution in [3.05, 3.63) is 29.8 Å². The molecule has 0 radical (unpaired) electrons. The Labute approximate surface area is 148 Å². The van der Waals surface area contributed by atoms with Gasteiger partial charge in [0.2, 0.25) is 0 Å². The molecule has 1 saturated heterocycles. The highest BCUT2D eigenvalue weighted by Crippen LogP contribution is 2.20. The molecule has 1 fully saturated rings. The van der Waals surface area contributed by atoms with E-state index in [1.54, 1.807) is 24.3 Å². The first-order chi connectivity index (χ1) is 12.1. The minimum absolute atomic E-state index is 0.0513. The quantitative estimate of drug-likeness (QED) is 0.583. The molecular formula is C18H27N3O4. The highest BCUT2D eigenvalue weighted by Gasteiger charge is 2.29. The van der Waals surface area contributed by atoms with Crippen molar-refractivity contribution in [3.63, 3.8) is 0 Å². The molecule has 4 N–H and O–H groups in total. The number of carbonyl (C=O) groups is 2. The predicted octanol–water partition coefficient (Wildman–Crippen LogP) is 1.29. The zero-order valence-corrected chi connectivity index (χ0v) is 14.6. The molecule has 0 unspecified atom stereocenters. The molecule has 138 valence electrons. The van der Waals surface area contributed by atoms with Gasteiger partial charge in [-0.1, -0.05) is 6.07 Å². The predicted molar refractivity (Wildman–Crippen MR) is 95.5 cm³/mol. The van der Waals surface area contributed by atoms with Crippen molar-refractivity contribution in [2.75, 3.05) is 31.6 Å². The van der Waals surface area contributed by atoms with Crippen molar-refractivity contribution in [1.29, 1.82) is 0 Å². The topological polar surface area (TPSA) is 103 Å². The van der Waals surface area contributed by atoms with E-state index in [1.165, 1.54) is 0 Å². The van der Waals surface area contributed by atoms with Crippen LogP contribution >= 0.6 is 0 Å². The van der Waals surface area contributed by atoms with Gasteiger partial charge in [-0.25, -0.2) is 0 Å². The summed E-state index contributed by atoms with van der Waals surface area (Å²) in [6.07, 6.45) is 1.68. The van der Waals surface area contributed by atoms with Crippen LogP contribution in [0.1, 0.15) is 36.5 Å². The van der Waals surface area contributed by atoms with Gasteiger partial charge >= 0.3 is 0 Å². The number of ether oxygens (including phenoxy) is 2. The molecule has 2 rings (SSSR count). The number of rotatable bonds is 9. The summed E-state index contributed by atoms with van der Waals surface area (Å²) in [5.74, 6) is -0.377. The highest BCUT2D eigenvalue weighted by molar-refractivity contribution is 5.98. The van der Waals surface area contributed by atoms with Crippen LogP contribution in [0, 0.1) is 0 Å². The van der Waals surface area contributed by atoms with Crippen molar-refractivity contribution < 1.29 is 19.1 Å². The Balaban J connectivity index is 1.83. The number of anilines is 1. The van der Waals surface area contributed by atoms with Crippen LogP contribution in [0.5, 0.6) is 0 Å². The van der Waals surface area contributed by atoms with Crippen molar-refractivity contribution in [2.24, 2.45) is 5.73 Å². The van der Waals surface area contributed by atoms with Gasteiger partial charge in [0, 0.05) is 37.6 Å². The summed E-state index contributed by atoms with van der Waals surface area (Å²) in [5.41, 5.74) is 6.64. The van der Waals surface area contributed by atoms with Crippen molar-refractivity contribution >= 4 is 17.5 Å². The number of amides is 2. The first-order valence-corrected chi connectivity index (χ1v) is 8.76. The standard InChI is InChI=1S/C18H27N3O4/c1-2-24-10-4-9-20-17(22)13-5-3-6-14(11-13)21-18(23)16-8-7-15(12-19)25-16/h3,5-6,11,15-16H,2,4,7-10,12,19H2,1H3,(H,20,22)(H,21,23)/t15-,16+/m1/s1. The number of carbonyl (C=O) groups excluding carboxylic acids is 2. The van der Waals surface area contributed by atoms with Crippen LogP contribution in [0.15, 0.2) is 24.3 Å². The normalized spacial score (nSPS) is 19.6. The molecule has 1 aromatic carbocycles. The van der Waals surface area contributed by atoms with E-state index < -0.39 is 6.10 Å². The molecular weight excluding hydrogens is 322 g/mol. The lowest BCUT2D eigenvalue weighted by Gasteiger charge is -2.13. The largest absolute Gasteiger partial charge is 0.382 e. The second kappa shape index (κ2) is 10.1. The summed E-state index contributed by atoms with van der Waals surface area (Å²) in [4.78, 5) is 24.4. The SMILES string of the molecule is CCOCCCNC(=O)c1cccc(NC(=O)[C@@H]2CC[C@H](CN)O2)c1. The van der Waals surface area contributed by atoms with Crippen LogP contribution in [0.25, 0.3) is 0 Å². The van der Waals surface area contributed by atoms with Crippen LogP contribution in [-0.2, 0) is 14.3 Å². The van der Waals surface area contributed by atoms with Gasteiger partial charge in [0.05, 0.1) is 6.10 Å². The first-order valence-electron chi connectivity index (χ1n) is 8.76. The maximum absolute atomic E-state index is 12.2. The monoisotopic (exact) mass is 349 g/mol. The third-order valence-corrected chi connectivity index (χ3v) is 4.01. The summed E-state index contributed by atoms with van der Waals surface area (Å²) in [6.45, 7) is 4.20. The Morgan fingerprint density at radius 3 is 2.92 bits per heavy atom. The molecule has 2 amide bonds. The number of nitrogens with two attached hydrogens (primary N) is 1. The number of hydrogen-bond donors (Lipinski definition) is 3. The molecule has 7 heteroatoms. The van der Waals surface area contributed by atoms with E-state index in [-0.39, 0.29) is 17.9 Å². The van der Waals surface area contributed by atoms with Crippen molar-refractivity contribution in [1.82, 2.24) is 5.32 Å². The van der Waals surface area contributed by atoms with Gasteiger partial charge in [-0.3, -0.25) is 9.59 Å². The Bertz CT molecular complexity index is 579. The Morgan fingerprint density at radius 2 is 2.20 bits per heavy atom. The molecule has 2 atom stereocenters. The van der Waals surface area contributed by atoms with E-state index in [1.807, 2.05) is 6.92 Å². The van der Waals surface area contributed by atoms with Gasteiger partial charge in [-0.2, -0.15) is 0 Å². The minimum atomic E-state index is -0.482. The van der Waals surface area contributed by atoms with Gasteiger partial charge < -0.3 is 25.8 Å². The average Bonchev–Trinajstić information content (AvgIpc) is 3.11. The van der Waals surface area contributed by atoms with Crippen LogP contribution in [-0.4, -0.2) is 50.3 Å². The molecule has 0 bridgehead atoms. The summed E-state index contributed by atoms with van der Waals surface area (Å²) >= 11 is 0. The van der Waals surface area contributed by atoms with Crippen LogP contribution in [0.2, 0.25) is 0 Å². The van der Waals surface area contributed by atoms with Crippen molar-refractivity contribution in [3.8, 4) is 0 Å². The van der Waals surface area contributed by atoms with Gasteiger partial charge in [-0.05, 0) is 44.4 Å². The van der Waals surface area contributed by atoms with E-state index in [0.29, 0.717) is 44.0 Å². The molecule has 1 aliphatic heterocycles. The summed E-state index contributed by atoms with van der Waals surface area (Å²) in [7, 11) is 0. The molecule has 0 aliphatic carbocycles. The maximum atomic E-state index is 12.2. The zero-order valence-electron chi connectivity index (χ0n) is 14.6. The minimum Gasteiger partial charge on any atom is -0.382 e. The average molecular weight is 349 g/mol. The molecule has 0 aromatic heterocycles. The van der Waals surface area contributed by atoms with Gasteiger partial charge in [0.25, 0.3) is 11.8 Å². The molecule has 0 spiro atoms. The molecule has 25 heavy (non-hydrogen) atoms. The summed E-state index contributed by atoms with van der Waals surface area (Å²) in [5, 5.41) is 5.64. The zero-order chi connectivity index (χ0) is 18.1. The fraction of sp³-hybridized carbons (Fsp3) is 0.556. The lowest BCUT2D eigenvalue weighted by molar-refractivity contribution is -0.126. The van der Waals surface area contributed by atoms with Crippen LogP contribution in [0.4, 0.5) is 5.69 Å². The van der Waals surface area contributed by atoms with E-state index >= 15 is 0 Å². The number of benzene rings is 1. The first kappa shape index (κ1) is 19.4. The third-order valence-electron chi connectivity index (χ3n) is 4.01. The summed E-state index contributed by atoms with van der Waals surface area (Å²) < 4.78 is 10.8. The van der Waals surface area contributed by atoms with Gasteiger partial charge in [-0.15, -0.1) is 0 Å².